The second-order valence-corrected chi connectivity index (χ2v) is 5.57. The average molecular weight is 295 g/mol. The standard InChI is InChI=1S/C14H15ClN2OS/c15-12-3-1-2-11(10-12)6-7-16-13(18)4-5-14-17-8-9-19-14/h1-3,8-10H,4-7H2,(H,16,18). The zero-order valence-corrected chi connectivity index (χ0v) is 12.0. The zero-order chi connectivity index (χ0) is 13.5. The van der Waals surface area contributed by atoms with Crippen LogP contribution in [-0.2, 0) is 17.6 Å². The lowest BCUT2D eigenvalue weighted by Crippen LogP contribution is -2.25. The van der Waals surface area contributed by atoms with E-state index in [0.717, 1.165) is 22.0 Å². The Balaban J connectivity index is 1.66. The van der Waals surface area contributed by atoms with Crippen molar-refractivity contribution in [2.45, 2.75) is 19.3 Å². The van der Waals surface area contributed by atoms with Crippen molar-refractivity contribution < 1.29 is 4.79 Å². The summed E-state index contributed by atoms with van der Waals surface area (Å²) >= 11 is 7.48. The highest BCUT2D eigenvalue weighted by Gasteiger charge is 2.03. The van der Waals surface area contributed by atoms with Gasteiger partial charge in [-0.2, -0.15) is 0 Å². The minimum absolute atomic E-state index is 0.0669. The van der Waals surface area contributed by atoms with E-state index in [1.807, 2.05) is 29.6 Å². The first-order valence-corrected chi connectivity index (χ1v) is 7.39. The number of halogens is 1. The Morgan fingerprint density at radius 2 is 2.26 bits per heavy atom. The van der Waals surface area contributed by atoms with Gasteiger partial charge in [0.15, 0.2) is 0 Å². The molecule has 3 nitrogen and oxygen atoms in total. The van der Waals surface area contributed by atoms with Crippen molar-refractivity contribution in [2.75, 3.05) is 6.54 Å². The number of aryl methyl sites for hydroxylation is 1. The van der Waals surface area contributed by atoms with Crippen LogP contribution in [0.25, 0.3) is 0 Å². The number of nitrogens with one attached hydrogen (secondary N) is 1. The van der Waals surface area contributed by atoms with Crippen LogP contribution in [0.1, 0.15) is 17.0 Å². The summed E-state index contributed by atoms with van der Waals surface area (Å²) in [5.74, 6) is 0.0669. The van der Waals surface area contributed by atoms with Gasteiger partial charge < -0.3 is 5.32 Å². The Bertz CT molecular complexity index is 528. The first-order chi connectivity index (χ1) is 9.24. The van der Waals surface area contributed by atoms with E-state index in [9.17, 15) is 4.79 Å². The quantitative estimate of drug-likeness (QED) is 0.889. The molecule has 0 aliphatic rings. The van der Waals surface area contributed by atoms with Gasteiger partial charge in [-0.25, -0.2) is 4.98 Å². The molecular weight excluding hydrogens is 280 g/mol. The third-order valence-electron chi connectivity index (χ3n) is 2.67. The van der Waals surface area contributed by atoms with Crippen LogP contribution >= 0.6 is 22.9 Å². The van der Waals surface area contributed by atoms with Gasteiger partial charge in [0.25, 0.3) is 0 Å². The molecule has 0 bridgehead atoms. The van der Waals surface area contributed by atoms with Gasteiger partial charge in [-0.1, -0.05) is 23.7 Å². The Morgan fingerprint density at radius 3 is 3.00 bits per heavy atom. The third kappa shape index (κ3) is 5.01. The van der Waals surface area contributed by atoms with E-state index >= 15 is 0 Å². The molecule has 0 fully saturated rings. The van der Waals surface area contributed by atoms with E-state index in [-0.39, 0.29) is 5.91 Å². The van der Waals surface area contributed by atoms with Gasteiger partial charge in [0.05, 0.1) is 5.01 Å². The van der Waals surface area contributed by atoms with Crippen LogP contribution in [0.2, 0.25) is 5.02 Å². The smallest absolute Gasteiger partial charge is 0.220 e. The lowest BCUT2D eigenvalue weighted by molar-refractivity contribution is -0.121. The second kappa shape index (κ2) is 7.26. The van der Waals surface area contributed by atoms with Crippen molar-refractivity contribution in [1.82, 2.24) is 10.3 Å². The summed E-state index contributed by atoms with van der Waals surface area (Å²) in [6.07, 6.45) is 3.75. The number of hydrogen-bond acceptors (Lipinski definition) is 3. The SMILES string of the molecule is O=C(CCc1nccs1)NCCc1cccc(Cl)c1. The molecule has 0 aliphatic heterocycles. The minimum atomic E-state index is 0.0669. The fourth-order valence-electron chi connectivity index (χ4n) is 1.72. The molecule has 1 amide bonds. The predicted molar refractivity (Wildman–Crippen MR) is 78.6 cm³/mol. The van der Waals surface area contributed by atoms with Crippen molar-refractivity contribution in [1.29, 1.82) is 0 Å². The number of carbonyl (C=O) groups is 1. The Kier molecular flexibility index (Phi) is 5.36. The van der Waals surface area contributed by atoms with Gasteiger partial charge in [-0.15, -0.1) is 11.3 Å². The van der Waals surface area contributed by atoms with Gasteiger partial charge in [0, 0.05) is 36.0 Å². The molecule has 100 valence electrons. The molecule has 19 heavy (non-hydrogen) atoms. The predicted octanol–water partition coefficient (Wildman–Crippen LogP) is 3.09. The van der Waals surface area contributed by atoms with Crippen LogP contribution in [0.15, 0.2) is 35.8 Å². The summed E-state index contributed by atoms with van der Waals surface area (Å²) in [5, 5.41) is 6.56. The number of aromatic nitrogens is 1. The van der Waals surface area contributed by atoms with E-state index in [2.05, 4.69) is 10.3 Å². The number of hydrogen-bond donors (Lipinski definition) is 1. The van der Waals surface area contributed by atoms with Gasteiger partial charge >= 0.3 is 0 Å². The molecule has 0 aliphatic carbocycles. The molecule has 1 N–H and O–H groups in total. The van der Waals surface area contributed by atoms with E-state index in [4.69, 9.17) is 11.6 Å². The second-order valence-electron chi connectivity index (χ2n) is 4.16. The molecule has 1 aromatic heterocycles. The van der Waals surface area contributed by atoms with Crippen LogP contribution in [0, 0.1) is 0 Å². The van der Waals surface area contributed by atoms with E-state index in [1.165, 1.54) is 0 Å². The van der Waals surface area contributed by atoms with Crippen LogP contribution in [0.3, 0.4) is 0 Å². The van der Waals surface area contributed by atoms with E-state index < -0.39 is 0 Å². The van der Waals surface area contributed by atoms with Crippen molar-refractivity contribution in [3.05, 3.63) is 51.4 Å². The molecule has 0 saturated carbocycles. The zero-order valence-electron chi connectivity index (χ0n) is 10.4. The lowest BCUT2D eigenvalue weighted by Gasteiger charge is -2.05. The van der Waals surface area contributed by atoms with Gasteiger partial charge in [-0.05, 0) is 24.1 Å². The molecule has 0 radical (unpaired) electrons. The first kappa shape index (κ1) is 14.0. The summed E-state index contributed by atoms with van der Waals surface area (Å²) < 4.78 is 0. The van der Waals surface area contributed by atoms with Crippen molar-refractivity contribution >= 4 is 28.8 Å². The van der Waals surface area contributed by atoms with E-state index in [1.54, 1.807) is 17.5 Å². The van der Waals surface area contributed by atoms with Gasteiger partial charge in [-0.3, -0.25) is 4.79 Å². The summed E-state index contributed by atoms with van der Waals surface area (Å²) in [7, 11) is 0. The molecule has 1 heterocycles. The average Bonchev–Trinajstić information content (AvgIpc) is 2.89. The Morgan fingerprint density at radius 1 is 1.37 bits per heavy atom. The van der Waals surface area contributed by atoms with Crippen LogP contribution in [0.4, 0.5) is 0 Å². The van der Waals surface area contributed by atoms with Crippen LogP contribution in [0.5, 0.6) is 0 Å². The highest BCUT2D eigenvalue weighted by Crippen LogP contribution is 2.10. The van der Waals surface area contributed by atoms with E-state index in [0.29, 0.717) is 19.4 Å². The van der Waals surface area contributed by atoms with Crippen molar-refractivity contribution in [3.63, 3.8) is 0 Å². The Hall–Kier alpha value is -1.39. The fraction of sp³-hybridized carbons (Fsp3) is 0.286. The number of benzene rings is 1. The molecule has 0 saturated heterocycles. The Labute approximate surface area is 121 Å². The topological polar surface area (TPSA) is 42.0 Å². The normalized spacial score (nSPS) is 10.4. The summed E-state index contributed by atoms with van der Waals surface area (Å²) in [5.41, 5.74) is 1.13. The summed E-state index contributed by atoms with van der Waals surface area (Å²) in [6, 6.07) is 7.69. The van der Waals surface area contributed by atoms with Crippen LogP contribution < -0.4 is 5.32 Å². The lowest BCUT2D eigenvalue weighted by atomic mass is 10.1. The molecule has 0 spiro atoms. The number of thiazole rings is 1. The first-order valence-electron chi connectivity index (χ1n) is 6.13. The number of nitrogens with zero attached hydrogens (tertiary/aromatic N) is 1. The molecule has 2 rings (SSSR count). The maximum atomic E-state index is 11.6. The summed E-state index contributed by atoms with van der Waals surface area (Å²) in [4.78, 5) is 15.8. The largest absolute Gasteiger partial charge is 0.356 e. The van der Waals surface area contributed by atoms with Gasteiger partial charge in [0.2, 0.25) is 5.91 Å². The monoisotopic (exact) mass is 294 g/mol. The molecule has 2 aromatic rings. The number of rotatable bonds is 6. The van der Waals surface area contributed by atoms with Crippen molar-refractivity contribution in [3.8, 4) is 0 Å². The maximum absolute atomic E-state index is 11.6. The molecule has 1 aromatic carbocycles. The number of amides is 1. The maximum Gasteiger partial charge on any atom is 0.220 e. The molecule has 5 heteroatoms. The molecular formula is C14H15ClN2OS. The van der Waals surface area contributed by atoms with Gasteiger partial charge in [0.1, 0.15) is 0 Å². The number of carbonyl (C=O) groups excluding carboxylic acids is 1. The van der Waals surface area contributed by atoms with Crippen molar-refractivity contribution in [2.24, 2.45) is 0 Å². The molecule has 0 unspecified atom stereocenters. The highest BCUT2D eigenvalue weighted by atomic mass is 35.5. The third-order valence-corrected chi connectivity index (χ3v) is 3.75. The highest BCUT2D eigenvalue weighted by molar-refractivity contribution is 7.09. The molecule has 0 atom stereocenters. The minimum Gasteiger partial charge on any atom is -0.356 e. The summed E-state index contributed by atoms with van der Waals surface area (Å²) in [6.45, 7) is 0.636. The fourth-order valence-corrected chi connectivity index (χ4v) is 2.56. The van der Waals surface area contributed by atoms with Crippen LogP contribution in [-0.4, -0.2) is 17.4 Å².